The van der Waals surface area contributed by atoms with E-state index in [0.717, 1.165) is 0 Å². The third-order valence-electron chi connectivity index (χ3n) is 3.91. The quantitative estimate of drug-likeness (QED) is 0.842. The van der Waals surface area contributed by atoms with Crippen molar-refractivity contribution in [3.63, 3.8) is 0 Å². The first kappa shape index (κ1) is 17.8. The lowest BCUT2D eigenvalue weighted by Crippen LogP contribution is -2.51. The molecule has 0 aromatic carbocycles. The third-order valence-corrected chi connectivity index (χ3v) is 3.91. The fourth-order valence-corrected chi connectivity index (χ4v) is 2.63. The van der Waals surface area contributed by atoms with E-state index < -0.39 is 41.3 Å². The zero-order valence-electron chi connectivity index (χ0n) is 12.5. The van der Waals surface area contributed by atoms with Crippen molar-refractivity contribution in [1.82, 2.24) is 5.32 Å². The number of hydrogen-bond donors (Lipinski definition) is 2. The van der Waals surface area contributed by atoms with Crippen molar-refractivity contribution in [3.8, 4) is 0 Å². The van der Waals surface area contributed by atoms with Gasteiger partial charge in [-0.25, -0.2) is 4.79 Å². The lowest BCUT2D eigenvalue weighted by molar-refractivity contribution is -0.186. The molecule has 0 bridgehead atoms. The van der Waals surface area contributed by atoms with Crippen LogP contribution in [-0.2, 0) is 9.59 Å². The average Bonchev–Trinajstić information content (AvgIpc) is 2.33. The van der Waals surface area contributed by atoms with Crippen molar-refractivity contribution < 1.29 is 27.9 Å². The molecular weight excluding hydrogens is 287 g/mol. The maximum Gasteiger partial charge on any atom is 0.391 e. The van der Waals surface area contributed by atoms with Gasteiger partial charge in [0.05, 0.1) is 5.92 Å². The van der Waals surface area contributed by atoms with Crippen molar-refractivity contribution in [2.75, 3.05) is 0 Å². The Morgan fingerprint density at radius 3 is 2.19 bits per heavy atom. The molecule has 122 valence electrons. The molecule has 4 nitrogen and oxygen atoms in total. The van der Waals surface area contributed by atoms with Crippen LogP contribution in [-0.4, -0.2) is 29.2 Å². The maximum absolute atomic E-state index is 12.7. The van der Waals surface area contributed by atoms with Crippen molar-refractivity contribution in [3.05, 3.63) is 0 Å². The Bertz CT molecular complexity index is 401. The van der Waals surface area contributed by atoms with Crippen LogP contribution >= 0.6 is 0 Å². The molecular formula is C14H22F3NO3. The second kappa shape index (κ2) is 6.23. The molecule has 1 fully saturated rings. The van der Waals surface area contributed by atoms with E-state index in [0.29, 0.717) is 12.8 Å². The van der Waals surface area contributed by atoms with Gasteiger partial charge in [-0.05, 0) is 24.7 Å². The molecule has 0 spiro atoms. The molecule has 2 unspecified atom stereocenters. The second-order valence-corrected chi connectivity index (χ2v) is 6.75. The standard InChI is InChI=1S/C14H22F3NO3/c1-13(2,3)10(12(20)21)18-11(19)8-5-4-6-9(7-8)14(15,16)17/h8-10H,4-7H2,1-3H3,(H,18,19)(H,20,21)/t8?,9?,10-/m0/s1. The van der Waals surface area contributed by atoms with E-state index in [2.05, 4.69) is 5.32 Å². The highest BCUT2D eigenvalue weighted by molar-refractivity contribution is 5.85. The van der Waals surface area contributed by atoms with Crippen LogP contribution in [0.1, 0.15) is 46.5 Å². The van der Waals surface area contributed by atoms with E-state index in [4.69, 9.17) is 5.11 Å². The molecule has 1 rings (SSSR count). The summed E-state index contributed by atoms with van der Waals surface area (Å²) in [6, 6.07) is -1.11. The summed E-state index contributed by atoms with van der Waals surface area (Å²) in [6.07, 6.45) is -3.82. The van der Waals surface area contributed by atoms with Gasteiger partial charge in [-0.3, -0.25) is 4.79 Å². The lowest BCUT2D eigenvalue weighted by atomic mass is 9.79. The fraction of sp³-hybridized carbons (Fsp3) is 0.857. The summed E-state index contributed by atoms with van der Waals surface area (Å²) < 4.78 is 38.2. The van der Waals surface area contributed by atoms with Crippen LogP contribution in [0.5, 0.6) is 0 Å². The molecule has 1 aliphatic carbocycles. The molecule has 0 radical (unpaired) electrons. The van der Waals surface area contributed by atoms with Gasteiger partial charge >= 0.3 is 12.1 Å². The van der Waals surface area contributed by atoms with E-state index in [1.807, 2.05) is 0 Å². The summed E-state index contributed by atoms with van der Waals surface area (Å²) >= 11 is 0. The first-order chi connectivity index (χ1) is 9.43. The molecule has 0 aromatic rings. The average molecular weight is 309 g/mol. The van der Waals surface area contributed by atoms with Gasteiger partial charge in [0.15, 0.2) is 0 Å². The van der Waals surface area contributed by atoms with E-state index in [1.54, 1.807) is 20.8 Å². The number of amides is 1. The normalized spacial score (nSPS) is 25.2. The number of carboxylic acids is 1. The Morgan fingerprint density at radius 1 is 1.19 bits per heavy atom. The number of rotatable bonds is 3. The predicted molar refractivity (Wildman–Crippen MR) is 70.5 cm³/mol. The number of carbonyl (C=O) groups is 2. The van der Waals surface area contributed by atoms with Crippen molar-refractivity contribution in [2.45, 2.75) is 58.7 Å². The lowest BCUT2D eigenvalue weighted by Gasteiger charge is -2.33. The molecule has 0 aromatic heterocycles. The Labute approximate surface area is 122 Å². The highest BCUT2D eigenvalue weighted by Gasteiger charge is 2.44. The van der Waals surface area contributed by atoms with Gasteiger partial charge in [-0.2, -0.15) is 13.2 Å². The largest absolute Gasteiger partial charge is 0.480 e. The summed E-state index contributed by atoms with van der Waals surface area (Å²) in [5.41, 5.74) is -0.709. The molecule has 1 saturated carbocycles. The Kier molecular flexibility index (Phi) is 5.28. The maximum atomic E-state index is 12.7. The number of carboxylic acid groups (broad SMARTS) is 1. The Morgan fingerprint density at radius 2 is 1.76 bits per heavy atom. The van der Waals surface area contributed by atoms with Crippen LogP contribution < -0.4 is 5.32 Å². The van der Waals surface area contributed by atoms with Gasteiger partial charge in [0.25, 0.3) is 0 Å². The van der Waals surface area contributed by atoms with Crippen LogP contribution in [0.15, 0.2) is 0 Å². The third kappa shape index (κ3) is 4.89. The summed E-state index contributed by atoms with van der Waals surface area (Å²) in [6.45, 7) is 4.97. The van der Waals surface area contributed by atoms with Crippen LogP contribution in [0.25, 0.3) is 0 Å². The molecule has 2 N–H and O–H groups in total. The Hall–Kier alpha value is -1.27. The number of aliphatic carboxylic acids is 1. The zero-order chi connectivity index (χ0) is 16.4. The molecule has 7 heteroatoms. The van der Waals surface area contributed by atoms with Gasteiger partial charge in [0, 0.05) is 5.92 Å². The fourth-order valence-electron chi connectivity index (χ4n) is 2.63. The molecule has 3 atom stereocenters. The summed E-state index contributed by atoms with van der Waals surface area (Å²) in [5.74, 6) is -4.01. The molecule has 1 aliphatic rings. The first-order valence-electron chi connectivity index (χ1n) is 7.03. The van der Waals surface area contributed by atoms with Gasteiger partial charge in [0.1, 0.15) is 6.04 Å². The van der Waals surface area contributed by atoms with Crippen LogP contribution in [0.2, 0.25) is 0 Å². The second-order valence-electron chi connectivity index (χ2n) is 6.75. The smallest absolute Gasteiger partial charge is 0.391 e. The van der Waals surface area contributed by atoms with Crippen LogP contribution in [0.4, 0.5) is 13.2 Å². The van der Waals surface area contributed by atoms with Crippen LogP contribution in [0, 0.1) is 17.3 Å². The number of halogens is 3. The van der Waals surface area contributed by atoms with Gasteiger partial charge in [-0.1, -0.05) is 27.2 Å². The van der Waals surface area contributed by atoms with E-state index in [1.165, 1.54) is 0 Å². The first-order valence-corrected chi connectivity index (χ1v) is 7.03. The SMILES string of the molecule is CC(C)(C)[C@@H](NC(=O)C1CCCC(C(F)(F)F)C1)C(=O)O. The molecule has 0 saturated heterocycles. The number of alkyl halides is 3. The van der Waals surface area contributed by atoms with Gasteiger partial charge in [0.2, 0.25) is 5.91 Å². The minimum atomic E-state index is -4.30. The van der Waals surface area contributed by atoms with E-state index >= 15 is 0 Å². The minimum absolute atomic E-state index is 0.0366. The topological polar surface area (TPSA) is 66.4 Å². The minimum Gasteiger partial charge on any atom is -0.480 e. The Balaban J connectivity index is 2.72. The highest BCUT2D eigenvalue weighted by atomic mass is 19.4. The van der Waals surface area contributed by atoms with E-state index in [9.17, 15) is 22.8 Å². The zero-order valence-corrected chi connectivity index (χ0v) is 12.5. The highest BCUT2D eigenvalue weighted by Crippen LogP contribution is 2.40. The molecule has 21 heavy (non-hydrogen) atoms. The van der Waals surface area contributed by atoms with Crippen LogP contribution in [0.3, 0.4) is 0 Å². The van der Waals surface area contributed by atoms with Gasteiger partial charge in [-0.15, -0.1) is 0 Å². The number of carbonyl (C=O) groups excluding carboxylic acids is 1. The number of nitrogens with one attached hydrogen (secondary N) is 1. The van der Waals surface area contributed by atoms with E-state index in [-0.39, 0.29) is 12.8 Å². The molecule has 0 aliphatic heterocycles. The van der Waals surface area contributed by atoms with Gasteiger partial charge < -0.3 is 10.4 Å². The van der Waals surface area contributed by atoms with Crippen molar-refractivity contribution in [2.24, 2.45) is 17.3 Å². The molecule has 1 amide bonds. The predicted octanol–water partition coefficient (Wildman–Crippen LogP) is 2.97. The van der Waals surface area contributed by atoms with Crippen molar-refractivity contribution in [1.29, 1.82) is 0 Å². The summed E-state index contributed by atoms with van der Waals surface area (Å²) in [7, 11) is 0. The number of hydrogen-bond acceptors (Lipinski definition) is 2. The summed E-state index contributed by atoms with van der Waals surface area (Å²) in [4.78, 5) is 23.3. The molecule has 0 heterocycles. The van der Waals surface area contributed by atoms with Crippen molar-refractivity contribution >= 4 is 11.9 Å². The summed E-state index contributed by atoms with van der Waals surface area (Å²) in [5, 5.41) is 11.5. The monoisotopic (exact) mass is 309 g/mol.